The van der Waals surface area contributed by atoms with Crippen molar-refractivity contribution in [3.8, 4) is 22.5 Å². The first-order chi connectivity index (χ1) is 54.4. The van der Waals surface area contributed by atoms with Gasteiger partial charge in [0.05, 0.1) is 87.2 Å². The number of nitrogens with zero attached hydrogens (tertiary/aromatic N) is 14. The van der Waals surface area contributed by atoms with Gasteiger partial charge in [0.25, 0.3) is 17.8 Å². The molecule has 6 fully saturated rings. The molecule has 35 heteroatoms. The number of piperidine rings is 3. The van der Waals surface area contributed by atoms with Gasteiger partial charge in [0.15, 0.2) is 17.5 Å². The van der Waals surface area contributed by atoms with E-state index in [-0.39, 0.29) is 63.1 Å². The number of hydrogen-bond acceptors (Lipinski definition) is 25. The van der Waals surface area contributed by atoms with Crippen molar-refractivity contribution in [2.45, 2.75) is 89.8 Å². The zero-order valence-corrected chi connectivity index (χ0v) is 65.3. The Hall–Kier alpha value is -9.84. The summed E-state index contributed by atoms with van der Waals surface area (Å²) in [6.07, 6.45) is 7.19. The molecule has 2 amide bonds. The number of amides is 2. The minimum absolute atomic E-state index is 0.140. The number of anilines is 6. The second-order valence-electron chi connectivity index (χ2n) is 30.9. The lowest BCUT2D eigenvalue weighted by molar-refractivity contribution is -0.0847. The first kappa shape index (κ1) is 83.6. The predicted octanol–water partition coefficient (Wildman–Crippen LogP) is 11.2. The number of hydrogen-bond donors (Lipinski definition) is 6. The maximum Gasteiger partial charge on any atom is 0.488 e. The lowest BCUT2D eigenvalue weighted by Crippen LogP contribution is -2.52. The highest BCUT2D eigenvalue weighted by molar-refractivity contribution is 6.58. The number of rotatable bonds is 15. The van der Waals surface area contributed by atoms with Crippen LogP contribution in [0.15, 0.2) is 128 Å². The Morgan fingerprint density at radius 2 is 0.842 bits per heavy atom. The van der Waals surface area contributed by atoms with Crippen LogP contribution < -0.4 is 41.4 Å². The van der Waals surface area contributed by atoms with Crippen molar-refractivity contribution in [1.29, 1.82) is 0 Å². The van der Waals surface area contributed by atoms with E-state index in [4.69, 9.17) is 55.3 Å². The minimum Gasteiger partial charge on any atom is -0.444 e. The fraction of sp³-hybridized carbons (Fsp3) is 0.481. The average molecular weight is 1600 g/mol. The third kappa shape index (κ3) is 23.7. The lowest BCUT2D eigenvalue weighted by atomic mass is 9.80. The highest BCUT2D eigenvalue weighted by Gasteiger charge is 2.45. The molecule has 114 heavy (non-hydrogen) atoms. The Kier molecular flexibility index (Phi) is 27.3. The zero-order valence-electron chi connectivity index (χ0n) is 64.6. The van der Waals surface area contributed by atoms with Gasteiger partial charge in [-0.05, 0) is 113 Å². The summed E-state index contributed by atoms with van der Waals surface area (Å²) < 4.78 is 112. The number of likely N-dealkylation sites (tertiary alicyclic amines) is 2. The summed E-state index contributed by atoms with van der Waals surface area (Å²) in [6, 6.07) is 29.0. The smallest absolute Gasteiger partial charge is 0.444 e. The Labute approximate surface area is 662 Å². The van der Waals surface area contributed by atoms with E-state index in [0.29, 0.717) is 88.0 Å². The Morgan fingerprint density at radius 3 is 1.21 bits per heavy atom. The van der Waals surface area contributed by atoms with Crippen LogP contribution in [-0.4, -0.2) is 251 Å². The summed E-state index contributed by atoms with van der Waals surface area (Å²) in [5.74, 6) is -8.48. The number of fused-ring (bicyclic) bond motifs is 3. The number of nitrogens with one attached hydrogen (secondary N) is 4. The van der Waals surface area contributed by atoms with Crippen LogP contribution in [-0.2, 0) is 23.7 Å². The van der Waals surface area contributed by atoms with Crippen LogP contribution in [0.25, 0.3) is 55.6 Å². The highest BCUT2D eigenvalue weighted by Crippen LogP contribution is 2.37. The van der Waals surface area contributed by atoms with Crippen LogP contribution in [0.3, 0.4) is 0 Å². The van der Waals surface area contributed by atoms with Crippen molar-refractivity contribution in [3.05, 3.63) is 133 Å². The second kappa shape index (κ2) is 37.2. The molecular formula is C79H96BClF6N18O9. The lowest BCUT2D eigenvalue weighted by Gasteiger charge is -2.38. The number of aromatic nitrogens is 9. The number of halogens is 7. The van der Waals surface area contributed by atoms with Crippen LogP contribution >= 0.6 is 11.6 Å². The van der Waals surface area contributed by atoms with Crippen molar-refractivity contribution >= 4 is 104 Å². The van der Waals surface area contributed by atoms with Gasteiger partial charge in [-0.3, -0.25) is 15.0 Å². The average Bonchev–Trinajstić information content (AvgIpc) is 0.794. The Bertz CT molecular complexity index is 4680. The van der Waals surface area contributed by atoms with Crippen molar-refractivity contribution in [2.24, 2.45) is 17.8 Å². The normalized spacial score (nSPS) is 19.6. The van der Waals surface area contributed by atoms with Crippen LogP contribution in [0.2, 0.25) is 5.15 Å². The minimum atomic E-state index is -3.01. The summed E-state index contributed by atoms with van der Waals surface area (Å²) in [5.41, 5.74) is 9.30. The molecule has 6 aromatic heterocycles. The van der Waals surface area contributed by atoms with Crippen molar-refractivity contribution in [2.75, 3.05) is 168 Å². The number of carbonyl (C=O) groups is 2. The van der Waals surface area contributed by atoms with Crippen molar-refractivity contribution < 1.29 is 69.7 Å². The topological polar surface area (TPSA) is 301 Å². The molecule has 12 heterocycles. The SMILES string of the molecule is CC(C)(C)OC(=O)N1CC(CNc2nc(-c3ccc(N4CCOCC4)cc3)cc3nccnc23)CC(F)(F)C1.CC(C)(C)OC(=O)N1CC(CNc2nc(Cl)cc3nccnc23)CC(F)(F)C1.FC1(F)CNCC(CNc2nc(-c3ccc(N4CCOCC4)cc3)cc3nccnc23)C1.OB(O)c1ccc(N2CCOCC2)cc1. The van der Waals surface area contributed by atoms with E-state index in [1.807, 2.05) is 48.5 Å². The Balaban J connectivity index is 0.000000146. The fourth-order valence-electron chi connectivity index (χ4n) is 14.1. The van der Waals surface area contributed by atoms with E-state index in [2.05, 4.69) is 95.1 Å². The fourth-order valence-corrected chi connectivity index (χ4v) is 14.3. The molecule has 6 aliphatic rings. The Morgan fingerprint density at radius 1 is 0.500 bits per heavy atom. The molecule has 6 N–H and O–H groups in total. The van der Waals surface area contributed by atoms with Gasteiger partial charge in [-0.2, -0.15) is 0 Å². The molecule has 0 saturated carbocycles. The molecule has 3 unspecified atom stereocenters. The zero-order chi connectivity index (χ0) is 80.8. The van der Waals surface area contributed by atoms with Gasteiger partial charge in [-0.25, -0.2) is 65.8 Å². The van der Waals surface area contributed by atoms with Gasteiger partial charge in [-0.15, -0.1) is 0 Å². The molecule has 6 aliphatic heterocycles. The molecule has 0 bridgehead atoms. The van der Waals surface area contributed by atoms with E-state index in [1.165, 1.54) is 12.4 Å². The van der Waals surface area contributed by atoms with E-state index >= 15 is 0 Å². The molecule has 3 aromatic carbocycles. The predicted molar refractivity (Wildman–Crippen MR) is 426 cm³/mol. The first-order valence-corrected chi connectivity index (χ1v) is 38.5. The maximum atomic E-state index is 14.6. The summed E-state index contributed by atoms with van der Waals surface area (Å²) in [4.78, 5) is 73.6. The molecule has 0 radical (unpaired) electrons. The van der Waals surface area contributed by atoms with E-state index in [1.54, 1.807) is 84.5 Å². The largest absolute Gasteiger partial charge is 0.488 e. The number of pyridine rings is 3. The summed E-state index contributed by atoms with van der Waals surface area (Å²) in [5, 5.41) is 30.5. The van der Waals surface area contributed by atoms with Crippen LogP contribution in [0.5, 0.6) is 0 Å². The van der Waals surface area contributed by atoms with Crippen LogP contribution in [0.4, 0.5) is 70.4 Å². The monoisotopic (exact) mass is 1600 g/mol. The maximum absolute atomic E-state index is 14.6. The number of ether oxygens (including phenoxy) is 5. The van der Waals surface area contributed by atoms with Crippen molar-refractivity contribution in [3.63, 3.8) is 0 Å². The molecule has 3 atom stereocenters. The quantitative estimate of drug-likeness (QED) is 0.0316. The van der Waals surface area contributed by atoms with Crippen LogP contribution in [0.1, 0.15) is 60.8 Å². The number of alkyl halides is 6. The summed E-state index contributed by atoms with van der Waals surface area (Å²) in [6.45, 7) is 19.9. The van der Waals surface area contributed by atoms with E-state index < -0.39 is 73.2 Å². The van der Waals surface area contributed by atoms with Gasteiger partial charge in [-0.1, -0.05) is 48.0 Å². The van der Waals surface area contributed by atoms with E-state index in [0.717, 1.165) is 109 Å². The van der Waals surface area contributed by atoms with Gasteiger partial charge in [0.1, 0.15) is 32.9 Å². The van der Waals surface area contributed by atoms with Gasteiger partial charge in [0, 0.05) is 169 Å². The second-order valence-corrected chi connectivity index (χ2v) is 31.3. The van der Waals surface area contributed by atoms with Crippen LogP contribution in [0, 0.1) is 17.8 Å². The molecule has 9 aromatic rings. The highest BCUT2D eigenvalue weighted by atomic mass is 35.5. The van der Waals surface area contributed by atoms with Crippen molar-refractivity contribution in [1.82, 2.24) is 60.0 Å². The third-order valence-corrected chi connectivity index (χ3v) is 19.5. The van der Waals surface area contributed by atoms with Gasteiger partial charge in [0.2, 0.25) is 0 Å². The van der Waals surface area contributed by atoms with E-state index in [9.17, 15) is 35.9 Å². The number of morpholine rings is 3. The van der Waals surface area contributed by atoms with Gasteiger partial charge < -0.3 is 79.5 Å². The number of carbonyl (C=O) groups excluding carboxylic acids is 2. The first-order valence-electron chi connectivity index (χ1n) is 38.1. The molecule has 15 rings (SSSR count). The molecule has 6 saturated heterocycles. The third-order valence-electron chi connectivity index (χ3n) is 19.3. The molecule has 0 spiro atoms. The molecular weight excluding hydrogens is 1510 g/mol. The standard InChI is InChI=1S/C28H34F2N6O3.C23H26F2N6O.C18H22ClF2N5O2.C10H14BNO3/c1-27(2,3)39-26(37)36-17-19(15-28(29,30)18-36)16-33-25-24-23(31-8-9-32-24)14-22(34-25)20-4-6-21(7-5-20)35-10-12-38-13-11-35;24-23(25)12-16(13-26-15-23)14-29-22-21-20(27-5-6-28-21)11-19(30-22)17-1-3-18(4-2-17)31-7-9-32-10-8-31;1-17(2,3)28-16(27)26-9-11(7-18(20,21)10-26)8-24-15-14-12(6-13(19)25-15)22-4-5-23-14;13-11(14)9-1-3-10(4-2-9)12-5-7-15-8-6-12/h4-9,14,19H,10-13,15-18H2,1-3H3,(H,33,34);1-6,11,16,26H,7-10,12-15H2,(H,29,30);4-6,11H,7-10H2,1-3H3,(H,24,25);1-4,13-14H,5-8H2. The number of benzene rings is 3. The molecule has 0 aliphatic carbocycles. The molecule has 27 nitrogen and oxygen atoms in total. The van der Waals surface area contributed by atoms with Gasteiger partial charge >= 0.3 is 19.3 Å². The summed E-state index contributed by atoms with van der Waals surface area (Å²) >= 11 is 6.01. The molecule has 608 valence electrons. The summed E-state index contributed by atoms with van der Waals surface area (Å²) in [7, 11) is -1.39.